The lowest BCUT2D eigenvalue weighted by Gasteiger charge is -2.23. The Morgan fingerprint density at radius 1 is 1.38 bits per heavy atom. The third kappa shape index (κ3) is 4.72. The largest absolute Gasteiger partial charge is 0.496 e. The fraction of sp³-hybridized carbons (Fsp3) is 0.562. The van der Waals surface area contributed by atoms with E-state index in [-0.39, 0.29) is 24.7 Å². The number of methoxy groups -OCH3 is 1. The number of hydrogen-bond acceptors (Lipinski definition) is 4. The Kier molecular flexibility index (Phi) is 6.02. The van der Waals surface area contributed by atoms with Crippen molar-refractivity contribution < 1.29 is 14.3 Å². The molecule has 1 aromatic rings. The van der Waals surface area contributed by atoms with Gasteiger partial charge in [-0.05, 0) is 38.9 Å². The van der Waals surface area contributed by atoms with E-state index in [1.807, 2.05) is 31.2 Å². The zero-order valence-electron chi connectivity index (χ0n) is 12.7. The van der Waals surface area contributed by atoms with Crippen LogP contribution in [-0.4, -0.2) is 38.8 Å². The van der Waals surface area contributed by atoms with E-state index in [2.05, 4.69) is 10.6 Å². The fourth-order valence-corrected chi connectivity index (χ4v) is 2.54. The van der Waals surface area contributed by atoms with Gasteiger partial charge in [0.05, 0.1) is 19.3 Å². The predicted molar refractivity (Wildman–Crippen MR) is 81.4 cm³/mol. The number of para-hydroxylation sites is 1. The van der Waals surface area contributed by atoms with Crippen LogP contribution in [0, 0.1) is 0 Å². The van der Waals surface area contributed by atoms with E-state index in [4.69, 9.17) is 9.47 Å². The topological polar surface area (TPSA) is 59.6 Å². The van der Waals surface area contributed by atoms with Gasteiger partial charge in [-0.1, -0.05) is 18.2 Å². The van der Waals surface area contributed by atoms with Gasteiger partial charge >= 0.3 is 0 Å². The Labute approximate surface area is 126 Å². The molecule has 0 spiro atoms. The zero-order chi connectivity index (χ0) is 15.1. The molecule has 1 aliphatic heterocycles. The highest BCUT2D eigenvalue weighted by Crippen LogP contribution is 2.24. The van der Waals surface area contributed by atoms with E-state index < -0.39 is 0 Å². The summed E-state index contributed by atoms with van der Waals surface area (Å²) in [6.45, 7) is 3.98. The SMILES string of the molecule is COc1ccccc1[C@H](C)NC(=O)COC1CCNCC1. The normalized spacial score (nSPS) is 17.2. The van der Waals surface area contributed by atoms with Gasteiger partial charge in [0, 0.05) is 5.56 Å². The highest BCUT2D eigenvalue weighted by molar-refractivity contribution is 5.77. The first-order valence-corrected chi connectivity index (χ1v) is 7.45. The monoisotopic (exact) mass is 292 g/mol. The van der Waals surface area contributed by atoms with Crippen LogP contribution in [0.2, 0.25) is 0 Å². The summed E-state index contributed by atoms with van der Waals surface area (Å²) in [4.78, 5) is 12.0. The summed E-state index contributed by atoms with van der Waals surface area (Å²) >= 11 is 0. The Morgan fingerprint density at radius 2 is 2.10 bits per heavy atom. The van der Waals surface area contributed by atoms with E-state index >= 15 is 0 Å². The van der Waals surface area contributed by atoms with Gasteiger partial charge in [0.1, 0.15) is 12.4 Å². The van der Waals surface area contributed by atoms with Crippen molar-refractivity contribution >= 4 is 5.91 Å². The van der Waals surface area contributed by atoms with Gasteiger partial charge < -0.3 is 20.1 Å². The first-order chi connectivity index (χ1) is 10.2. The number of amides is 1. The number of hydrogen-bond donors (Lipinski definition) is 2. The van der Waals surface area contributed by atoms with Gasteiger partial charge in [0.15, 0.2) is 0 Å². The molecule has 0 aliphatic carbocycles. The lowest BCUT2D eigenvalue weighted by Crippen LogP contribution is -2.36. The third-order valence-electron chi connectivity index (χ3n) is 3.72. The number of carbonyl (C=O) groups excluding carboxylic acids is 1. The van der Waals surface area contributed by atoms with Crippen LogP contribution >= 0.6 is 0 Å². The van der Waals surface area contributed by atoms with Crippen molar-refractivity contribution in [2.24, 2.45) is 0 Å². The molecule has 1 amide bonds. The molecule has 2 N–H and O–H groups in total. The third-order valence-corrected chi connectivity index (χ3v) is 3.72. The number of rotatable bonds is 6. The van der Waals surface area contributed by atoms with Crippen molar-refractivity contribution in [1.82, 2.24) is 10.6 Å². The first kappa shape index (κ1) is 15.8. The number of nitrogens with one attached hydrogen (secondary N) is 2. The number of piperidine rings is 1. The summed E-state index contributed by atoms with van der Waals surface area (Å²) in [6, 6.07) is 7.59. The molecule has 0 saturated carbocycles. The van der Waals surface area contributed by atoms with Crippen molar-refractivity contribution in [2.45, 2.75) is 31.9 Å². The van der Waals surface area contributed by atoms with E-state index in [1.165, 1.54) is 0 Å². The van der Waals surface area contributed by atoms with E-state index in [0.29, 0.717) is 0 Å². The van der Waals surface area contributed by atoms with Crippen molar-refractivity contribution in [2.75, 3.05) is 26.8 Å². The molecular formula is C16H24N2O3. The molecule has 1 saturated heterocycles. The number of ether oxygens (including phenoxy) is 2. The van der Waals surface area contributed by atoms with Crippen LogP contribution in [0.3, 0.4) is 0 Å². The molecule has 5 heteroatoms. The molecule has 1 heterocycles. The molecular weight excluding hydrogens is 268 g/mol. The zero-order valence-corrected chi connectivity index (χ0v) is 12.7. The molecule has 0 radical (unpaired) electrons. The van der Waals surface area contributed by atoms with Crippen molar-refractivity contribution in [3.8, 4) is 5.75 Å². The van der Waals surface area contributed by atoms with Crippen LogP contribution in [-0.2, 0) is 9.53 Å². The molecule has 0 unspecified atom stereocenters. The average molecular weight is 292 g/mol. The van der Waals surface area contributed by atoms with Crippen LogP contribution in [0.5, 0.6) is 5.75 Å². The maximum atomic E-state index is 12.0. The second kappa shape index (κ2) is 8.00. The highest BCUT2D eigenvalue weighted by Gasteiger charge is 2.17. The van der Waals surface area contributed by atoms with E-state index in [0.717, 1.165) is 37.2 Å². The second-order valence-corrected chi connectivity index (χ2v) is 5.29. The standard InChI is InChI=1S/C16H24N2O3/c1-12(14-5-3-4-6-15(14)20-2)18-16(19)11-21-13-7-9-17-10-8-13/h3-6,12-13,17H,7-11H2,1-2H3,(H,18,19)/t12-/m0/s1. The minimum Gasteiger partial charge on any atom is -0.496 e. The van der Waals surface area contributed by atoms with Crippen LogP contribution < -0.4 is 15.4 Å². The molecule has 1 aromatic carbocycles. The average Bonchev–Trinajstić information content (AvgIpc) is 2.53. The highest BCUT2D eigenvalue weighted by atomic mass is 16.5. The van der Waals surface area contributed by atoms with Gasteiger partial charge in [-0.2, -0.15) is 0 Å². The summed E-state index contributed by atoms with van der Waals surface area (Å²) < 4.78 is 11.0. The van der Waals surface area contributed by atoms with Crippen molar-refractivity contribution in [1.29, 1.82) is 0 Å². The molecule has 0 bridgehead atoms. The molecule has 116 valence electrons. The molecule has 1 atom stereocenters. The van der Waals surface area contributed by atoms with Gasteiger partial charge in [-0.15, -0.1) is 0 Å². The lowest BCUT2D eigenvalue weighted by molar-refractivity contribution is -0.128. The van der Waals surface area contributed by atoms with E-state index in [1.54, 1.807) is 7.11 Å². The molecule has 0 aromatic heterocycles. The minimum absolute atomic E-state index is 0.0908. The van der Waals surface area contributed by atoms with Crippen LogP contribution in [0.1, 0.15) is 31.4 Å². The van der Waals surface area contributed by atoms with Gasteiger partial charge in [-0.3, -0.25) is 4.79 Å². The fourth-order valence-electron chi connectivity index (χ4n) is 2.54. The quantitative estimate of drug-likeness (QED) is 0.837. The molecule has 1 fully saturated rings. The van der Waals surface area contributed by atoms with Gasteiger partial charge in [0.2, 0.25) is 5.91 Å². The summed E-state index contributed by atoms with van der Waals surface area (Å²) in [7, 11) is 1.63. The maximum absolute atomic E-state index is 12.0. The van der Waals surface area contributed by atoms with Crippen LogP contribution in [0.4, 0.5) is 0 Å². The summed E-state index contributed by atoms with van der Waals surface area (Å²) in [5, 5.41) is 6.23. The Bertz CT molecular complexity index is 459. The molecule has 21 heavy (non-hydrogen) atoms. The smallest absolute Gasteiger partial charge is 0.246 e. The number of benzene rings is 1. The lowest BCUT2D eigenvalue weighted by atomic mass is 10.1. The predicted octanol–water partition coefficient (Wildman–Crippen LogP) is 1.64. The molecule has 5 nitrogen and oxygen atoms in total. The maximum Gasteiger partial charge on any atom is 0.246 e. The van der Waals surface area contributed by atoms with Crippen LogP contribution in [0.15, 0.2) is 24.3 Å². The minimum atomic E-state index is -0.106. The first-order valence-electron chi connectivity index (χ1n) is 7.45. The summed E-state index contributed by atoms with van der Waals surface area (Å²) in [5.41, 5.74) is 0.968. The van der Waals surface area contributed by atoms with Gasteiger partial charge in [-0.25, -0.2) is 0 Å². The summed E-state index contributed by atoms with van der Waals surface area (Å²) in [5.74, 6) is 0.691. The van der Waals surface area contributed by atoms with Crippen LogP contribution in [0.25, 0.3) is 0 Å². The number of carbonyl (C=O) groups is 1. The van der Waals surface area contributed by atoms with Crippen molar-refractivity contribution in [3.63, 3.8) is 0 Å². The van der Waals surface area contributed by atoms with Crippen molar-refractivity contribution in [3.05, 3.63) is 29.8 Å². The second-order valence-electron chi connectivity index (χ2n) is 5.29. The molecule has 1 aliphatic rings. The Balaban J connectivity index is 1.81. The Hall–Kier alpha value is -1.59. The summed E-state index contributed by atoms with van der Waals surface area (Å²) in [6.07, 6.45) is 2.13. The molecule has 2 rings (SSSR count). The Morgan fingerprint density at radius 3 is 2.81 bits per heavy atom. The van der Waals surface area contributed by atoms with E-state index in [9.17, 15) is 4.79 Å². The van der Waals surface area contributed by atoms with Gasteiger partial charge in [0.25, 0.3) is 0 Å².